The number of hydrogen-bond acceptors (Lipinski definition) is 3. The lowest BCUT2D eigenvalue weighted by molar-refractivity contribution is 0.765. The normalized spacial score (nSPS) is 17.2. The second kappa shape index (κ2) is 5.68. The highest BCUT2D eigenvalue weighted by Crippen LogP contribution is 2.26. The molecule has 1 heterocycles. The zero-order valence-electron chi connectivity index (χ0n) is 8.71. The van der Waals surface area contributed by atoms with Gasteiger partial charge in [0.25, 0.3) is 0 Å². The smallest absolute Gasteiger partial charge is 0.146 e. The summed E-state index contributed by atoms with van der Waals surface area (Å²) in [7, 11) is 0. The monoisotopic (exact) mass is 399 g/mol. The molecule has 0 fully saturated rings. The average Bonchev–Trinajstić information content (AvgIpc) is 2.16. The Morgan fingerprint density at radius 1 is 0.667 bits per heavy atom. The lowest BCUT2D eigenvalue weighted by Gasteiger charge is -2.10. The van der Waals surface area contributed by atoms with Gasteiger partial charge in [-0.2, -0.15) is 0 Å². The van der Waals surface area contributed by atoms with E-state index in [2.05, 4.69) is 62.7 Å². The zero-order valence-corrected chi connectivity index (χ0v) is 13.5. The van der Waals surface area contributed by atoms with Crippen molar-refractivity contribution in [2.75, 3.05) is 0 Å². The molecule has 0 N–H and O–H groups in total. The highest BCUT2D eigenvalue weighted by Gasteiger charge is 2.15. The van der Waals surface area contributed by atoms with E-state index in [9.17, 15) is 0 Å². The molecule has 1 aromatic rings. The summed E-state index contributed by atoms with van der Waals surface area (Å²) in [6.07, 6.45) is 0. The van der Waals surface area contributed by atoms with Gasteiger partial charge in [-0.1, -0.05) is 47.8 Å². The van der Waals surface area contributed by atoms with Gasteiger partial charge in [0.05, 0.1) is 14.5 Å². The van der Waals surface area contributed by atoms with Gasteiger partial charge in [0.15, 0.2) is 0 Å². The summed E-state index contributed by atoms with van der Waals surface area (Å²) in [5.74, 6) is 2.31. The Morgan fingerprint density at radius 3 is 1.00 bits per heavy atom. The van der Waals surface area contributed by atoms with Crippen LogP contribution in [0.4, 0.5) is 0 Å². The molecular weight excluding hydrogens is 390 g/mol. The molecular formula is C9H12Br3N3. The molecule has 0 saturated carbocycles. The van der Waals surface area contributed by atoms with Gasteiger partial charge in [0, 0.05) is 0 Å². The Balaban J connectivity index is 3.20. The molecule has 3 atom stereocenters. The van der Waals surface area contributed by atoms with Crippen LogP contribution in [0, 0.1) is 0 Å². The topological polar surface area (TPSA) is 38.7 Å². The van der Waals surface area contributed by atoms with Crippen LogP contribution in [0.5, 0.6) is 0 Å². The van der Waals surface area contributed by atoms with Crippen LogP contribution in [0.15, 0.2) is 0 Å². The first-order valence-corrected chi connectivity index (χ1v) is 7.34. The van der Waals surface area contributed by atoms with Crippen LogP contribution < -0.4 is 0 Å². The van der Waals surface area contributed by atoms with Crippen LogP contribution in [0.25, 0.3) is 0 Å². The Hall–Kier alpha value is 0.450. The number of nitrogens with zero attached hydrogens (tertiary/aromatic N) is 3. The molecule has 3 unspecified atom stereocenters. The van der Waals surface area contributed by atoms with Crippen molar-refractivity contribution in [3.05, 3.63) is 17.5 Å². The fraction of sp³-hybridized carbons (Fsp3) is 0.667. The predicted molar refractivity (Wildman–Crippen MR) is 71.9 cm³/mol. The molecule has 0 bridgehead atoms. The summed E-state index contributed by atoms with van der Waals surface area (Å²) >= 11 is 10.4. The molecule has 3 nitrogen and oxygen atoms in total. The van der Waals surface area contributed by atoms with Crippen LogP contribution >= 0.6 is 47.8 Å². The first-order chi connectivity index (χ1) is 6.91. The highest BCUT2D eigenvalue weighted by atomic mass is 79.9. The number of halogens is 3. The van der Waals surface area contributed by atoms with E-state index in [0.717, 1.165) is 17.5 Å². The summed E-state index contributed by atoms with van der Waals surface area (Å²) < 4.78 is 0. The van der Waals surface area contributed by atoms with Crippen LogP contribution in [0.1, 0.15) is 52.7 Å². The van der Waals surface area contributed by atoms with E-state index in [1.807, 2.05) is 20.8 Å². The molecule has 0 radical (unpaired) electrons. The Bertz CT molecular complexity index is 275. The molecule has 6 heteroatoms. The first kappa shape index (κ1) is 13.5. The van der Waals surface area contributed by atoms with Crippen molar-refractivity contribution in [3.8, 4) is 0 Å². The summed E-state index contributed by atoms with van der Waals surface area (Å²) in [5.41, 5.74) is 0. The van der Waals surface area contributed by atoms with Crippen molar-refractivity contribution >= 4 is 47.8 Å². The third kappa shape index (κ3) is 3.75. The first-order valence-electron chi connectivity index (χ1n) is 4.59. The van der Waals surface area contributed by atoms with E-state index < -0.39 is 0 Å². The van der Waals surface area contributed by atoms with Crippen LogP contribution in [-0.2, 0) is 0 Å². The lowest BCUT2D eigenvalue weighted by Crippen LogP contribution is -2.08. The van der Waals surface area contributed by atoms with Crippen molar-refractivity contribution in [1.82, 2.24) is 15.0 Å². The summed E-state index contributed by atoms with van der Waals surface area (Å²) in [6.45, 7) is 6.00. The van der Waals surface area contributed by atoms with Crippen molar-refractivity contribution in [1.29, 1.82) is 0 Å². The average molecular weight is 402 g/mol. The molecule has 15 heavy (non-hydrogen) atoms. The standard InChI is InChI=1S/C9H12Br3N3/c1-4(10)7-13-8(5(2)11)15-9(14-7)6(3)12/h4-6H,1-3H3. The molecule has 84 valence electrons. The molecule has 1 aromatic heterocycles. The van der Waals surface area contributed by atoms with Gasteiger partial charge >= 0.3 is 0 Å². The van der Waals surface area contributed by atoms with Gasteiger partial charge in [-0.15, -0.1) is 0 Å². The molecule has 0 saturated heterocycles. The van der Waals surface area contributed by atoms with Crippen LogP contribution in [0.2, 0.25) is 0 Å². The van der Waals surface area contributed by atoms with E-state index in [0.29, 0.717) is 0 Å². The molecule has 0 aliphatic carbocycles. The van der Waals surface area contributed by atoms with Crippen molar-refractivity contribution in [2.24, 2.45) is 0 Å². The molecule has 0 aliphatic heterocycles. The largest absolute Gasteiger partial charge is 0.216 e. The third-order valence-electron chi connectivity index (χ3n) is 1.75. The quantitative estimate of drug-likeness (QED) is 0.711. The summed E-state index contributed by atoms with van der Waals surface area (Å²) in [6, 6.07) is 0. The van der Waals surface area contributed by atoms with E-state index >= 15 is 0 Å². The van der Waals surface area contributed by atoms with Crippen molar-refractivity contribution in [3.63, 3.8) is 0 Å². The molecule has 0 aromatic carbocycles. The van der Waals surface area contributed by atoms with E-state index in [1.54, 1.807) is 0 Å². The van der Waals surface area contributed by atoms with Gasteiger partial charge in [-0.05, 0) is 20.8 Å². The minimum absolute atomic E-state index is 0.135. The number of rotatable bonds is 3. The maximum absolute atomic E-state index is 4.38. The van der Waals surface area contributed by atoms with Gasteiger partial charge in [0.1, 0.15) is 17.5 Å². The summed E-state index contributed by atoms with van der Waals surface area (Å²) in [5, 5.41) is 0. The van der Waals surface area contributed by atoms with Gasteiger partial charge in [0.2, 0.25) is 0 Å². The predicted octanol–water partition coefficient (Wildman–Crippen LogP) is 4.24. The maximum atomic E-state index is 4.38. The molecule has 0 spiro atoms. The fourth-order valence-electron chi connectivity index (χ4n) is 0.961. The van der Waals surface area contributed by atoms with Crippen LogP contribution in [-0.4, -0.2) is 15.0 Å². The second-order valence-electron chi connectivity index (χ2n) is 3.26. The Labute approximate surface area is 115 Å². The molecule has 1 rings (SSSR count). The van der Waals surface area contributed by atoms with Gasteiger partial charge < -0.3 is 0 Å². The van der Waals surface area contributed by atoms with Crippen molar-refractivity contribution in [2.45, 2.75) is 35.3 Å². The lowest BCUT2D eigenvalue weighted by atomic mass is 10.3. The SMILES string of the molecule is CC(Br)c1nc(C(C)Br)nc(C(C)Br)n1. The Morgan fingerprint density at radius 2 is 0.867 bits per heavy atom. The minimum atomic E-state index is 0.135. The van der Waals surface area contributed by atoms with E-state index in [-0.39, 0.29) is 14.5 Å². The molecule has 0 aliphatic rings. The van der Waals surface area contributed by atoms with Crippen LogP contribution in [0.3, 0.4) is 0 Å². The fourth-order valence-corrected chi connectivity index (χ4v) is 1.58. The number of alkyl halides is 3. The third-order valence-corrected chi connectivity index (χ3v) is 2.98. The zero-order chi connectivity index (χ0) is 11.6. The van der Waals surface area contributed by atoms with E-state index in [1.165, 1.54) is 0 Å². The number of hydrogen-bond donors (Lipinski definition) is 0. The second-order valence-corrected chi connectivity index (χ2v) is 7.38. The van der Waals surface area contributed by atoms with Gasteiger partial charge in [-0.3, -0.25) is 0 Å². The minimum Gasteiger partial charge on any atom is -0.216 e. The highest BCUT2D eigenvalue weighted by molar-refractivity contribution is 9.09. The molecule has 0 amide bonds. The van der Waals surface area contributed by atoms with Crippen molar-refractivity contribution < 1.29 is 0 Å². The number of aromatic nitrogens is 3. The van der Waals surface area contributed by atoms with E-state index in [4.69, 9.17) is 0 Å². The van der Waals surface area contributed by atoms with Gasteiger partial charge in [-0.25, -0.2) is 15.0 Å². The maximum Gasteiger partial charge on any atom is 0.146 e. The Kier molecular flexibility index (Phi) is 5.12. The summed E-state index contributed by atoms with van der Waals surface area (Å²) in [4.78, 5) is 13.5.